The molecule has 1 heterocycles. The monoisotopic (exact) mass is 589 g/mol. The van der Waals surface area contributed by atoms with E-state index in [-0.39, 0.29) is 40.6 Å². The van der Waals surface area contributed by atoms with Crippen LogP contribution < -0.4 is 10.2 Å². The molecule has 0 saturated heterocycles. The largest absolute Gasteiger partial charge is 0.496 e. The zero-order valence-electron chi connectivity index (χ0n) is 25.0. The highest BCUT2D eigenvalue weighted by molar-refractivity contribution is 6.74. The maximum absolute atomic E-state index is 14.8. The van der Waals surface area contributed by atoms with Gasteiger partial charge in [0.2, 0.25) is 5.43 Å². The van der Waals surface area contributed by atoms with Crippen molar-refractivity contribution in [2.45, 2.75) is 72.1 Å². The lowest BCUT2D eigenvalue weighted by Crippen LogP contribution is -2.42. The smallest absolute Gasteiger partial charge is 0.343 e. The number of halogens is 2. The summed E-state index contributed by atoms with van der Waals surface area (Å²) < 4.78 is 34.3. The number of rotatable bonds is 10. The van der Waals surface area contributed by atoms with Crippen LogP contribution in [0, 0.1) is 11.7 Å². The molecule has 0 amide bonds. The minimum atomic E-state index is -2.09. The number of hydrogen-bond acceptors (Lipinski definition) is 5. The Labute approximate surface area is 242 Å². The maximum atomic E-state index is 14.8. The van der Waals surface area contributed by atoms with Crippen molar-refractivity contribution in [2.75, 3.05) is 20.3 Å². The number of carbonyl (C=O) groups is 1. The van der Waals surface area contributed by atoms with Crippen molar-refractivity contribution in [3.63, 3.8) is 0 Å². The van der Waals surface area contributed by atoms with Gasteiger partial charge in [0.25, 0.3) is 0 Å². The first kappa shape index (κ1) is 31.8. The fraction of sp³-hybridized carbons (Fsp3) is 0.484. The molecule has 1 aromatic heterocycles. The van der Waals surface area contributed by atoms with E-state index >= 15 is 0 Å². The number of nitrogens with zero attached hydrogens (tertiary/aromatic N) is 1. The van der Waals surface area contributed by atoms with Crippen molar-refractivity contribution in [3.05, 3.63) is 74.3 Å². The van der Waals surface area contributed by atoms with Crippen LogP contribution in [0.3, 0.4) is 0 Å². The van der Waals surface area contributed by atoms with E-state index in [2.05, 4.69) is 47.7 Å². The van der Waals surface area contributed by atoms with Gasteiger partial charge < -0.3 is 18.5 Å². The zero-order chi connectivity index (χ0) is 30.0. The van der Waals surface area contributed by atoms with Crippen LogP contribution in [0.2, 0.25) is 23.2 Å². The second-order valence-electron chi connectivity index (χ2n) is 12.0. The van der Waals surface area contributed by atoms with Gasteiger partial charge in [-0.25, -0.2) is 9.18 Å². The first-order valence-corrected chi connectivity index (χ1v) is 16.9. The summed E-state index contributed by atoms with van der Waals surface area (Å²) in [6.07, 6.45) is 1.73. The maximum Gasteiger partial charge on any atom is 0.343 e. The molecule has 0 saturated carbocycles. The minimum absolute atomic E-state index is 0.0178. The van der Waals surface area contributed by atoms with E-state index in [4.69, 9.17) is 25.5 Å². The normalized spacial score (nSPS) is 13.1. The lowest BCUT2D eigenvalue weighted by Gasteiger charge is -2.38. The highest BCUT2D eigenvalue weighted by atomic mass is 35.5. The van der Waals surface area contributed by atoms with Gasteiger partial charge in [0.1, 0.15) is 17.1 Å². The Kier molecular flexibility index (Phi) is 9.91. The third-order valence-corrected chi connectivity index (χ3v) is 12.7. The van der Waals surface area contributed by atoms with Gasteiger partial charge in [-0.3, -0.25) is 4.79 Å². The van der Waals surface area contributed by atoms with Crippen LogP contribution >= 0.6 is 11.6 Å². The molecule has 0 unspecified atom stereocenters. The average Bonchev–Trinajstić information content (AvgIpc) is 2.87. The molecule has 0 aliphatic rings. The van der Waals surface area contributed by atoms with Crippen molar-refractivity contribution >= 4 is 36.8 Å². The molecule has 1 atom stereocenters. The van der Waals surface area contributed by atoms with Crippen LogP contribution in [0.4, 0.5) is 4.39 Å². The van der Waals surface area contributed by atoms with Gasteiger partial charge in [-0.15, -0.1) is 0 Å². The van der Waals surface area contributed by atoms with Crippen LogP contribution in [-0.2, 0) is 15.6 Å². The van der Waals surface area contributed by atoms with Crippen LogP contribution in [0.5, 0.6) is 5.75 Å². The Hall–Kier alpha value is -2.68. The fourth-order valence-electron chi connectivity index (χ4n) is 4.37. The molecule has 0 aliphatic carbocycles. The molecule has 0 radical (unpaired) electrons. The summed E-state index contributed by atoms with van der Waals surface area (Å²) in [5, 5.41) is 0.358. The Morgan fingerprint density at radius 3 is 2.40 bits per heavy atom. The van der Waals surface area contributed by atoms with E-state index in [1.807, 2.05) is 4.57 Å². The second kappa shape index (κ2) is 12.5. The number of fused-ring (bicyclic) bond motifs is 1. The molecule has 0 aliphatic heterocycles. The Morgan fingerprint density at radius 1 is 1.15 bits per heavy atom. The molecular weight excluding hydrogens is 549 g/mol. The summed E-state index contributed by atoms with van der Waals surface area (Å²) in [6.45, 7) is 17.4. The molecule has 2 aromatic carbocycles. The summed E-state index contributed by atoms with van der Waals surface area (Å²) >= 11 is 6.01. The number of carbonyl (C=O) groups excluding carboxylic acids is 1. The lowest BCUT2D eigenvalue weighted by atomic mass is 9.98. The lowest BCUT2D eigenvalue weighted by molar-refractivity contribution is 0.0523. The zero-order valence-corrected chi connectivity index (χ0v) is 26.7. The molecule has 0 bridgehead atoms. The molecule has 0 fully saturated rings. The molecular formula is C31H41ClFNO5Si. The predicted octanol–water partition coefficient (Wildman–Crippen LogP) is 7.79. The highest BCUT2D eigenvalue weighted by Gasteiger charge is 2.38. The number of pyridine rings is 1. The average molecular weight is 590 g/mol. The number of aromatic nitrogens is 1. The van der Waals surface area contributed by atoms with Crippen molar-refractivity contribution in [2.24, 2.45) is 5.92 Å². The minimum Gasteiger partial charge on any atom is -0.496 e. The van der Waals surface area contributed by atoms with E-state index < -0.39 is 25.5 Å². The van der Waals surface area contributed by atoms with E-state index in [0.717, 1.165) is 0 Å². The van der Waals surface area contributed by atoms with Gasteiger partial charge in [0.05, 0.1) is 36.9 Å². The number of ether oxygens (including phenoxy) is 2. The molecule has 218 valence electrons. The molecule has 3 aromatic rings. The summed E-state index contributed by atoms with van der Waals surface area (Å²) in [5.41, 5.74) is 1.06. The number of esters is 1. The number of hydrogen-bond donors (Lipinski definition) is 0. The van der Waals surface area contributed by atoms with Crippen LogP contribution in [0.15, 0.2) is 41.3 Å². The fourth-order valence-corrected chi connectivity index (χ4v) is 5.59. The standard InChI is InChI=1S/C31H41ClFNO5Si/c1-10-38-30(36)23-17-34(26(19(2)3)18-39-40(8,9)31(4,5)6)25-16-27(37-7)21(15-22(25)29(23)35)14-20-12-11-13-24(32)28(20)33/h11-13,15-17,19,26H,10,14,18H2,1-9H3/t26-/m1/s1. The van der Waals surface area contributed by atoms with Crippen LogP contribution in [0.25, 0.3) is 10.9 Å². The predicted molar refractivity (Wildman–Crippen MR) is 162 cm³/mol. The first-order chi connectivity index (χ1) is 18.6. The van der Waals surface area contributed by atoms with Crippen LogP contribution in [-0.4, -0.2) is 39.2 Å². The van der Waals surface area contributed by atoms with E-state index in [9.17, 15) is 14.0 Å². The second-order valence-corrected chi connectivity index (χ2v) is 17.2. The highest BCUT2D eigenvalue weighted by Crippen LogP contribution is 2.38. The van der Waals surface area contributed by atoms with Gasteiger partial charge in [0.15, 0.2) is 8.32 Å². The summed E-state index contributed by atoms with van der Waals surface area (Å²) in [6, 6.07) is 8.08. The quantitative estimate of drug-likeness (QED) is 0.178. The summed E-state index contributed by atoms with van der Waals surface area (Å²) in [5.74, 6) is -0.602. The Bertz CT molecular complexity index is 1440. The molecule has 3 rings (SSSR count). The number of benzene rings is 2. The van der Waals surface area contributed by atoms with E-state index in [0.29, 0.717) is 34.4 Å². The first-order valence-electron chi connectivity index (χ1n) is 13.6. The molecule has 9 heteroatoms. The van der Waals surface area contributed by atoms with Crippen molar-refractivity contribution in [1.29, 1.82) is 0 Å². The van der Waals surface area contributed by atoms with Gasteiger partial charge in [-0.1, -0.05) is 58.4 Å². The number of methoxy groups -OCH3 is 1. The third kappa shape index (κ3) is 6.61. The molecule has 40 heavy (non-hydrogen) atoms. The van der Waals surface area contributed by atoms with Gasteiger partial charge in [-0.05, 0) is 54.2 Å². The summed E-state index contributed by atoms with van der Waals surface area (Å²) in [4.78, 5) is 26.6. The Morgan fingerprint density at radius 2 is 1.82 bits per heavy atom. The van der Waals surface area contributed by atoms with Crippen molar-refractivity contribution < 1.29 is 23.1 Å². The summed E-state index contributed by atoms with van der Waals surface area (Å²) in [7, 11) is -0.554. The Balaban J connectivity index is 2.27. The van der Waals surface area contributed by atoms with Gasteiger partial charge >= 0.3 is 5.97 Å². The topological polar surface area (TPSA) is 66.8 Å². The van der Waals surface area contributed by atoms with Crippen molar-refractivity contribution in [3.8, 4) is 5.75 Å². The SMILES string of the molecule is CCOC(=O)c1cn([C@H](CO[Si](C)(C)C(C)(C)C)C(C)C)c2cc(OC)c(Cc3cccc(Cl)c3F)cc2c1=O. The van der Waals surface area contributed by atoms with Crippen molar-refractivity contribution in [1.82, 2.24) is 4.57 Å². The molecule has 6 nitrogen and oxygen atoms in total. The van der Waals surface area contributed by atoms with Crippen LogP contribution in [0.1, 0.15) is 69.1 Å². The van der Waals surface area contributed by atoms with E-state index in [1.165, 1.54) is 13.2 Å². The third-order valence-electron chi connectivity index (χ3n) is 7.89. The van der Waals surface area contributed by atoms with E-state index in [1.54, 1.807) is 37.4 Å². The molecule has 0 N–H and O–H groups in total. The van der Waals surface area contributed by atoms with Gasteiger partial charge in [-0.2, -0.15) is 0 Å². The molecule has 0 spiro atoms. The van der Waals surface area contributed by atoms with Gasteiger partial charge in [0, 0.05) is 24.1 Å².